The first-order chi connectivity index (χ1) is 17.8. The number of anilines is 1. The Morgan fingerprint density at radius 3 is 2.27 bits per heavy atom. The fourth-order valence-corrected chi connectivity index (χ4v) is 6.13. The summed E-state index contributed by atoms with van der Waals surface area (Å²) in [5.74, 6) is 3.85. The van der Waals surface area contributed by atoms with Crippen molar-refractivity contribution in [2.75, 3.05) is 25.0 Å². The number of carbonyl (C=O) groups is 2. The normalized spacial score (nSPS) is 15.3. The minimum atomic E-state index is -2.84. The first kappa shape index (κ1) is 28.2. The summed E-state index contributed by atoms with van der Waals surface area (Å²) in [6.45, 7) is 9.11. The summed E-state index contributed by atoms with van der Waals surface area (Å²) in [4.78, 5) is 27.1. The largest absolute Gasteiger partial charge is 0.450 e. The number of carbonyl (C=O) groups excluding carboxylic acids is 2. The van der Waals surface area contributed by atoms with E-state index >= 15 is 0 Å². The van der Waals surface area contributed by atoms with Gasteiger partial charge >= 0.3 is 6.09 Å². The van der Waals surface area contributed by atoms with Gasteiger partial charge in [0.25, 0.3) is 5.91 Å². The van der Waals surface area contributed by atoms with E-state index in [2.05, 4.69) is 15.9 Å². The molecule has 2 amide bonds. The number of rotatable bonds is 6. The number of ether oxygens (including phenoxy) is 1. The van der Waals surface area contributed by atoms with Gasteiger partial charge in [-0.15, -0.1) is 0 Å². The topological polar surface area (TPSA) is 87.7 Å². The highest BCUT2D eigenvalue weighted by atomic mass is 32.2. The third-order valence-corrected chi connectivity index (χ3v) is 8.04. The molecule has 4 rings (SSSR count). The third-order valence-electron chi connectivity index (χ3n) is 6.26. The second-order valence-electron chi connectivity index (χ2n) is 8.68. The number of amides is 2. The molecular weight excluding hydrogens is 486 g/mol. The maximum Gasteiger partial charge on any atom is 0.409 e. The van der Waals surface area contributed by atoms with Gasteiger partial charge in [-0.3, -0.25) is 4.79 Å². The van der Waals surface area contributed by atoms with Gasteiger partial charge in [0, 0.05) is 41.2 Å². The number of piperidine rings is 1. The summed E-state index contributed by atoms with van der Waals surface area (Å²) in [5.41, 5.74) is 2.15. The molecule has 8 heteroatoms. The predicted octanol–water partition coefficient (Wildman–Crippen LogP) is 5.63. The van der Waals surface area contributed by atoms with Crippen LogP contribution in [0.5, 0.6) is 0 Å². The summed E-state index contributed by atoms with van der Waals surface area (Å²) < 4.78 is 22.1. The van der Waals surface area contributed by atoms with E-state index in [9.17, 15) is 13.8 Å². The molecule has 0 aromatic heterocycles. The van der Waals surface area contributed by atoms with Crippen molar-refractivity contribution in [2.24, 2.45) is 0 Å². The SMILES string of the molecule is C=S(=O)(NC1CCN(C(=O)OCC)CC1)c1ccc(NC(=O)c2ccccc2C)c2ccccc12.CC. The number of likely N-dealkylation sites (tertiary alicyclic amines) is 1. The van der Waals surface area contributed by atoms with E-state index in [1.807, 2.05) is 63.2 Å². The molecule has 1 saturated heterocycles. The fraction of sp³-hybridized carbons (Fsp3) is 0.345. The smallest absolute Gasteiger partial charge is 0.409 e. The third kappa shape index (κ3) is 6.70. The van der Waals surface area contributed by atoms with Crippen molar-refractivity contribution in [2.45, 2.75) is 51.5 Å². The van der Waals surface area contributed by atoms with Gasteiger partial charge in [0.1, 0.15) is 0 Å². The minimum Gasteiger partial charge on any atom is -0.450 e. The molecule has 2 N–H and O–H groups in total. The Bertz CT molecular complexity index is 1350. The second kappa shape index (κ2) is 12.7. The average molecular weight is 524 g/mol. The molecule has 0 saturated carbocycles. The van der Waals surface area contributed by atoms with Crippen LogP contribution >= 0.6 is 0 Å². The summed E-state index contributed by atoms with van der Waals surface area (Å²) >= 11 is 0. The molecule has 37 heavy (non-hydrogen) atoms. The van der Waals surface area contributed by atoms with Crippen LogP contribution in [0.25, 0.3) is 10.8 Å². The van der Waals surface area contributed by atoms with Gasteiger partial charge in [0.15, 0.2) is 0 Å². The minimum absolute atomic E-state index is 0.0372. The van der Waals surface area contributed by atoms with Gasteiger partial charge < -0.3 is 15.0 Å². The van der Waals surface area contributed by atoms with E-state index in [0.717, 1.165) is 16.3 Å². The molecule has 1 aliphatic heterocycles. The van der Waals surface area contributed by atoms with E-state index < -0.39 is 9.71 Å². The van der Waals surface area contributed by atoms with Crippen LogP contribution in [0, 0.1) is 6.92 Å². The van der Waals surface area contributed by atoms with E-state index in [4.69, 9.17) is 4.74 Å². The zero-order valence-corrected chi connectivity index (χ0v) is 22.9. The maximum atomic E-state index is 13.8. The standard InChI is InChI=1S/C27H31N3O4S.C2H6/c1-4-34-27(32)30-17-15-20(16-18-30)29-35(3,33)25-14-13-24(22-11-7-8-12-23(22)25)28-26(31)21-10-6-5-9-19(21)2;1-2/h5-14,20H,3-4,15-18H2,1-2H3,(H,28,31)(H,29,33);1-2H3. The van der Waals surface area contributed by atoms with Gasteiger partial charge in [-0.1, -0.05) is 56.3 Å². The Balaban J connectivity index is 0.00000186. The van der Waals surface area contributed by atoms with E-state index in [-0.39, 0.29) is 18.0 Å². The summed E-state index contributed by atoms with van der Waals surface area (Å²) in [5, 5.41) is 4.57. The first-order valence-corrected chi connectivity index (χ1v) is 14.5. The van der Waals surface area contributed by atoms with Gasteiger partial charge in [-0.05, 0) is 56.3 Å². The van der Waals surface area contributed by atoms with E-state index in [0.29, 0.717) is 48.7 Å². The number of aryl methyl sites for hydroxylation is 1. The lowest BCUT2D eigenvalue weighted by molar-refractivity contribution is 0.0965. The van der Waals surface area contributed by atoms with Crippen molar-refractivity contribution in [3.63, 3.8) is 0 Å². The van der Waals surface area contributed by atoms with Crippen LogP contribution in [0.2, 0.25) is 0 Å². The van der Waals surface area contributed by atoms with Crippen molar-refractivity contribution in [3.05, 3.63) is 71.8 Å². The molecule has 1 atom stereocenters. The van der Waals surface area contributed by atoms with Crippen LogP contribution in [0.1, 0.15) is 49.5 Å². The van der Waals surface area contributed by atoms with Crippen LogP contribution in [0.3, 0.4) is 0 Å². The van der Waals surface area contributed by atoms with Crippen LogP contribution < -0.4 is 10.0 Å². The molecule has 3 aromatic carbocycles. The van der Waals surface area contributed by atoms with Gasteiger partial charge in [0.2, 0.25) is 0 Å². The average Bonchev–Trinajstić information content (AvgIpc) is 2.90. The number of nitrogens with zero attached hydrogens (tertiary/aromatic N) is 1. The molecule has 198 valence electrons. The molecule has 0 radical (unpaired) electrons. The maximum absolute atomic E-state index is 13.8. The zero-order valence-electron chi connectivity index (χ0n) is 22.1. The Morgan fingerprint density at radius 1 is 1.00 bits per heavy atom. The fourth-order valence-electron chi connectivity index (χ4n) is 4.41. The first-order valence-electron chi connectivity index (χ1n) is 12.7. The second-order valence-corrected chi connectivity index (χ2v) is 10.7. The monoisotopic (exact) mass is 523 g/mol. The molecule has 0 aliphatic carbocycles. The lowest BCUT2D eigenvalue weighted by Gasteiger charge is -2.32. The van der Waals surface area contributed by atoms with Crippen molar-refractivity contribution in [1.29, 1.82) is 0 Å². The van der Waals surface area contributed by atoms with Gasteiger partial charge in [0.05, 0.1) is 21.2 Å². The summed E-state index contributed by atoms with van der Waals surface area (Å²) in [6, 6.07) is 18.5. The molecular formula is C29H37N3O4S. The van der Waals surface area contributed by atoms with Gasteiger partial charge in [-0.2, -0.15) is 0 Å². The zero-order chi connectivity index (χ0) is 27.0. The highest BCUT2D eigenvalue weighted by Gasteiger charge is 2.26. The Kier molecular flexibility index (Phi) is 9.72. The van der Waals surface area contributed by atoms with Crippen molar-refractivity contribution < 1.29 is 18.5 Å². The summed E-state index contributed by atoms with van der Waals surface area (Å²) in [7, 11) is -2.84. The number of hydrogen-bond donors (Lipinski definition) is 2. The lowest BCUT2D eigenvalue weighted by Crippen LogP contribution is -2.46. The van der Waals surface area contributed by atoms with Crippen LogP contribution in [-0.4, -0.2) is 52.7 Å². The van der Waals surface area contributed by atoms with Crippen LogP contribution in [0.4, 0.5) is 10.5 Å². The molecule has 0 spiro atoms. The van der Waals surface area contributed by atoms with Crippen molar-refractivity contribution in [1.82, 2.24) is 9.62 Å². The number of fused-ring (bicyclic) bond motifs is 1. The number of nitrogens with one attached hydrogen (secondary N) is 2. The van der Waals surface area contributed by atoms with Gasteiger partial charge in [-0.25, -0.2) is 13.7 Å². The Hall–Kier alpha value is -3.36. The Morgan fingerprint density at radius 2 is 1.62 bits per heavy atom. The Labute approximate surface area is 220 Å². The molecule has 7 nitrogen and oxygen atoms in total. The summed E-state index contributed by atoms with van der Waals surface area (Å²) in [6.07, 6.45) is 1.01. The molecule has 0 bridgehead atoms. The molecule has 1 heterocycles. The predicted molar refractivity (Wildman–Crippen MR) is 153 cm³/mol. The highest BCUT2D eigenvalue weighted by Crippen LogP contribution is 2.30. The molecule has 1 fully saturated rings. The lowest BCUT2D eigenvalue weighted by atomic mass is 10.1. The molecule has 1 aliphatic rings. The van der Waals surface area contributed by atoms with E-state index in [1.54, 1.807) is 30.0 Å². The highest BCUT2D eigenvalue weighted by molar-refractivity contribution is 7.98. The van der Waals surface area contributed by atoms with Crippen molar-refractivity contribution >= 4 is 44.0 Å². The van der Waals surface area contributed by atoms with Crippen LogP contribution in [0.15, 0.2) is 65.6 Å². The van der Waals surface area contributed by atoms with Crippen molar-refractivity contribution in [3.8, 4) is 0 Å². The van der Waals surface area contributed by atoms with E-state index in [1.165, 1.54) is 0 Å². The molecule has 3 aromatic rings. The number of hydrogen-bond acceptors (Lipinski definition) is 4. The number of benzene rings is 3. The molecule has 1 unspecified atom stereocenters. The van der Waals surface area contributed by atoms with Crippen LogP contribution in [-0.2, 0) is 14.4 Å². The quantitative estimate of drug-likeness (QED) is 0.410.